The van der Waals surface area contributed by atoms with E-state index in [4.69, 9.17) is 10.7 Å². The predicted molar refractivity (Wildman–Crippen MR) is 140 cm³/mol. The molecular weight excluding hydrogens is 495 g/mol. The Bertz CT molecular complexity index is 1630. The largest absolute Gasteiger partial charge is 0.416 e. The molecular formula is C27H22F3N7O. The lowest BCUT2D eigenvalue weighted by Gasteiger charge is -2.25. The van der Waals surface area contributed by atoms with Gasteiger partial charge in [0.1, 0.15) is 18.0 Å². The van der Waals surface area contributed by atoms with Crippen molar-refractivity contribution < 1.29 is 18.0 Å². The molecule has 0 saturated heterocycles. The second-order valence-corrected chi connectivity index (χ2v) is 8.65. The number of hydrogen-bond donors (Lipinski definition) is 3. The molecule has 8 nitrogen and oxygen atoms in total. The van der Waals surface area contributed by atoms with Crippen molar-refractivity contribution in [1.29, 1.82) is 0 Å². The lowest BCUT2D eigenvalue weighted by Crippen LogP contribution is -2.18. The van der Waals surface area contributed by atoms with Gasteiger partial charge in [0, 0.05) is 16.8 Å². The lowest BCUT2D eigenvalue weighted by molar-refractivity contribution is -0.137. The number of aromatic nitrogens is 4. The molecule has 38 heavy (non-hydrogen) atoms. The van der Waals surface area contributed by atoms with Gasteiger partial charge in [0.2, 0.25) is 5.95 Å². The van der Waals surface area contributed by atoms with E-state index in [1.807, 2.05) is 31.2 Å². The van der Waals surface area contributed by atoms with E-state index in [-0.39, 0.29) is 5.56 Å². The Morgan fingerprint density at radius 2 is 1.79 bits per heavy atom. The number of nitrogen functional groups attached to an aromatic ring is 1. The van der Waals surface area contributed by atoms with Gasteiger partial charge >= 0.3 is 6.18 Å². The zero-order valence-corrected chi connectivity index (χ0v) is 20.3. The molecule has 11 heteroatoms. The summed E-state index contributed by atoms with van der Waals surface area (Å²) in [5, 5.41) is 2.69. The molecule has 0 aliphatic heterocycles. The normalized spacial score (nSPS) is 11.5. The van der Waals surface area contributed by atoms with Gasteiger partial charge in [0.25, 0.3) is 5.91 Å². The maximum absolute atomic E-state index is 13.1. The van der Waals surface area contributed by atoms with Crippen molar-refractivity contribution in [2.24, 2.45) is 0 Å². The molecule has 4 N–H and O–H groups in total. The number of rotatable bonds is 5. The minimum atomic E-state index is -4.56. The summed E-state index contributed by atoms with van der Waals surface area (Å²) in [6.45, 7) is 3.66. The van der Waals surface area contributed by atoms with Crippen molar-refractivity contribution in [3.05, 3.63) is 95.3 Å². The van der Waals surface area contributed by atoms with Gasteiger partial charge < -0.3 is 16.0 Å². The van der Waals surface area contributed by atoms with E-state index in [0.29, 0.717) is 34.5 Å². The second kappa shape index (κ2) is 9.51. The molecule has 1 amide bonds. The van der Waals surface area contributed by atoms with Crippen LogP contribution in [0.1, 0.15) is 27.0 Å². The van der Waals surface area contributed by atoms with E-state index in [2.05, 4.69) is 20.3 Å². The minimum absolute atomic E-state index is 0.115. The highest BCUT2D eigenvalue weighted by molar-refractivity contribution is 6.04. The number of aryl methyl sites for hydroxylation is 1. The summed E-state index contributed by atoms with van der Waals surface area (Å²) in [5.74, 6) is 0.546. The monoisotopic (exact) mass is 517 g/mol. The smallest absolute Gasteiger partial charge is 0.383 e. The number of aromatic amines is 1. The fourth-order valence-corrected chi connectivity index (χ4v) is 4.02. The third-order valence-corrected chi connectivity index (χ3v) is 6.06. The number of carbonyl (C=O) groups is 1. The van der Waals surface area contributed by atoms with Crippen molar-refractivity contribution >= 4 is 45.9 Å². The van der Waals surface area contributed by atoms with Crippen LogP contribution in [0.2, 0.25) is 0 Å². The zero-order valence-electron chi connectivity index (χ0n) is 20.3. The van der Waals surface area contributed by atoms with Crippen molar-refractivity contribution in [2.45, 2.75) is 20.0 Å². The average Bonchev–Trinajstić information content (AvgIpc) is 3.32. The van der Waals surface area contributed by atoms with Gasteiger partial charge in [0.05, 0.1) is 22.3 Å². The van der Waals surface area contributed by atoms with Crippen LogP contribution >= 0.6 is 0 Å². The summed E-state index contributed by atoms with van der Waals surface area (Å²) in [6.07, 6.45) is -3.21. The molecule has 0 unspecified atom stereocenters. The van der Waals surface area contributed by atoms with E-state index in [0.717, 1.165) is 28.7 Å². The van der Waals surface area contributed by atoms with Crippen LogP contribution in [0.4, 0.5) is 42.1 Å². The summed E-state index contributed by atoms with van der Waals surface area (Å²) in [7, 11) is 0. The first-order valence-electron chi connectivity index (χ1n) is 11.5. The molecule has 0 bridgehead atoms. The van der Waals surface area contributed by atoms with Crippen LogP contribution in [0.15, 0.2) is 73.1 Å². The van der Waals surface area contributed by atoms with E-state index in [1.54, 1.807) is 30.0 Å². The van der Waals surface area contributed by atoms with Crippen molar-refractivity contribution in [1.82, 2.24) is 19.9 Å². The molecule has 3 aromatic carbocycles. The third-order valence-electron chi connectivity index (χ3n) is 6.06. The SMILES string of the molecule is Cc1ccc(NC(=O)c2cccc(C(F)(F)F)c2)cc1N(c1nc2ccccc2[nH]1)c1ncnc(N)c1C. The van der Waals surface area contributed by atoms with E-state index in [1.165, 1.54) is 18.5 Å². The Balaban J connectivity index is 1.58. The Labute approximate surface area is 215 Å². The molecule has 0 radical (unpaired) electrons. The van der Waals surface area contributed by atoms with Crippen molar-refractivity contribution in [3.8, 4) is 0 Å². The van der Waals surface area contributed by atoms with Gasteiger partial charge in [0.15, 0.2) is 0 Å². The highest BCUT2D eigenvalue weighted by Gasteiger charge is 2.31. The van der Waals surface area contributed by atoms with Crippen LogP contribution in [-0.4, -0.2) is 25.8 Å². The number of nitrogens with zero attached hydrogens (tertiary/aromatic N) is 4. The van der Waals surface area contributed by atoms with Crippen LogP contribution in [0, 0.1) is 13.8 Å². The number of nitrogens with one attached hydrogen (secondary N) is 2. The summed E-state index contributed by atoms with van der Waals surface area (Å²) in [6, 6.07) is 16.9. The number of hydrogen-bond acceptors (Lipinski definition) is 6. The fraction of sp³-hybridized carbons (Fsp3) is 0.111. The first-order valence-corrected chi connectivity index (χ1v) is 11.5. The standard InChI is InChI=1S/C27H22F3N7O/c1-15-10-11-19(34-25(38)17-6-5-7-18(12-17)27(28,29)30)13-22(15)37(24-16(2)23(31)32-14-33-24)26-35-20-8-3-4-9-21(20)36-26/h3-14H,1-2H3,(H,34,38)(H,35,36)(H2,31,32,33). The Hall–Kier alpha value is -4.93. The lowest BCUT2D eigenvalue weighted by atomic mass is 10.1. The number of para-hydroxylation sites is 2. The number of alkyl halides is 3. The molecule has 0 spiro atoms. The molecule has 2 heterocycles. The molecule has 0 fully saturated rings. The number of H-pyrrole nitrogens is 1. The van der Waals surface area contributed by atoms with Gasteiger partial charge in [-0.2, -0.15) is 13.2 Å². The number of imidazole rings is 1. The zero-order chi connectivity index (χ0) is 27.0. The fourth-order valence-electron chi connectivity index (χ4n) is 4.02. The molecule has 5 rings (SSSR count). The van der Waals surface area contributed by atoms with Crippen LogP contribution in [0.25, 0.3) is 11.0 Å². The van der Waals surface area contributed by atoms with Crippen LogP contribution in [-0.2, 0) is 6.18 Å². The number of anilines is 5. The highest BCUT2D eigenvalue weighted by atomic mass is 19.4. The molecule has 5 aromatic rings. The Morgan fingerprint density at radius 3 is 2.55 bits per heavy atom. The van der Waals surface area contributed by atoms with Crippen LogP contribution in [0.5, 0.6) is 0 Å². The molecule has 2 aromatic heterocycles. The predicted octanol–water partition coefficient (Wildman–Crippen LogP) is 6.29. The molecule has 0 aliphatic rings. The number of fused-ring (bicyclic) bond motifs is 1. The second-order valence-electron chi connectivity index (χ2n) is 8.65. The summed E-state index contributed by atoms with van der Waals surface area (Å²) in [5.41, 5.74) is 9.03. The third kappa shape index (κ3) is 4.73. The Morgan fingerprint density at radius 1 is 1.00 bits per heavy atom. The van der Waals surface area contributed by atoms with E-state index < -0.39 is 17.6 Å². The molecule has 0 aliphatic carbocycles. The van der Waals surface area contributed by atoms with Crippen LogP contribution in [0.3, 0.4) is 0 Å². The van der Waals surface area contributed by atoms with E-state index in [9.17, 15) is 18.0 Å². The number of amides is 1. The van der Waals surface area contributed by atoms with Gasteiger partial charge in [-0.3, -0.25) is 9.69 Å². The highest BCUT2D eigenvalue weighted by Crippen LogP contribution is 2.38. The number of nitrogens with two attached hydrogens (primary N) is 1. The summed E-state index contributed by atoms with van der Waals surface area (Å²) < 4.78 is 39.4. The number of carbonyl (C=O) groups excluding carboxylic acids is 1. The summed E-state index contributed by atoms with van der Waals surface area (Å²) in [4.78, 5) is 31.2. The molecule has 0 atom stereocenters. The molecule has 0 saturated carbocycles. The summed E-state index contributed by atoms with van der Waals surface area (Å²) >= 11 is 0. The Kier molecular flexibility index (Phi) is 6.19. The van der Waals surface area contributed by atoms with Crippen molar-refractivity contribution in [2.75, 3.05) is 16.0 Å². The van der Waals surface area contributed by atoms with Crippen molar-refractivity contribution in [3.63, 3.8) is 0 Å². The quantitative estimate of drug-likeness (QED) is 0.252. The van der Waals surface area contributed by atoms with Gasteiger partial charge in [-0.25, -0.2) is 15.0 Å². The van der Waals surface area contributed by atoms with Gasteiger partial charge in [-0.15, -0.1) is 0 Å². The van der Waals surface area contributed by atoms with E-state index >= 15 is 0 Å². The van der Waals surface area contributed by atoms with Crippen LogP contribution < -0.4 is 16.0 Å². The maximum atomic E-state index is 13.1. The number of benzene rings is 3. The molecule has 192 valence electrons. The topological polar surface area (TPSA) is 113 Å². The number of halogens is 3. The average molecular weight is 518 g/mol. The minimum Gasteiger partial charge on any atom is -0.383 e. The van der Waals surface area contributed by atoms with Gasteiger partial charge in [-0.1, -0.05) is 24.3 Å². The van der Waals surface area contributed by atoms with Gasteiger partial charge in [-0.05, 0) is 61.9 Å². The maximum Gasteiger partial charge on any atom is 0.416 e. The first kappa shape index (κ1) is 24.8. The first-order chi connectivity index (χ1) is 18.1.